The molecule has 0 aliphatic carbocycles. The Hall–Kier alpha value is -1.61. The van der Waals surface area contributed by atoms with Crippen LogP contribution in [-0.4, -0.2) is 10.2 Å². The zero-order chi connectivity index (χ0) is 18.4. The highest BCUT2D eigenvalue weighted by molar-refractivity contribution is 7.99. The largest absolute Gasteiger partial charge is 0.507 e. The van der Waals surface area contributed by atoms with Gasteiger partial charge in [0, 0.05) is 9.79 Å². The highest BCUT2D eigenvalue weighted by atomic mass is 32.2. The Morgan fingerprint density at radius 3 is 1.48 bits per heavy atom. The van der Waals surface area contributed by atoms with Crippen molar-refractivity contribution in [2.45, 2.75) is 76.0 Å². The molecule has 0 spiro atoms. The topological polar surface area (TPSA) is 40.5 Å². The minimum Gasteiger partial charge on any atom is -0.507 e. The summed E-state index contributed by atoms with van der Waals surface area (Å²) in [6.07, 6.45) is 6.23. The Bertz CT molecular complexity index is 661. The second-order valence-electron chi connectivity index (χ2n) is 6.80. The van der Waals surface area contributed by atoms with Gasteiger partial charge in [-0.05, 0) is 86.1 Å². The molecule has 0 aromatic heterocycles. The number of phenols is 2. The van der Waals surface area contributed by atoms with Crippen LogP contribution in [0.3, 0.4) is 0 Å². The Balaban J connectivity index is 2.29. The van der Waals surface area contributed by atoms with Crippen molar-refractivity contribution in [2.75, 3.05) is 0 Å². The number of aryl methyl sites for hydroxylation is 4. The summed E-state index contributed by atoms with van der Waals surface area (Å²) in [6.45, 7) is 8.26. The molecule has 2 aromatic carbocycles. The molecule has 0 radical (unpaired) electrons. The van der Waals surface area contributed by atoms with Gasteiger partial charge in [-0.3, -0.25) is 0 Å². The number of unbranched alkanes of at least 4 members (excludes halogenated alkanes) is 2. The third kappa shape index (κ3) is 5.18. The van der Waals surface area contributed by atoms with Crippen molar-refractivity contribution in [3.8, 4) is 11.5 Å². The number of hydrogen-bond acceptors (Lipinski definition) is 3. The fourth-order valence-corrected chi connectivity index (χ4v) is 4.15. The summed E-state index contributed by atoms with van der Waals surface area (Å²) >= 11 is 1.71. The first-order chi connectivity index (χ1) is 12.0. The molecule has 25 heavy (non-hydrogen) atoms. The van der Waals surface area contributed by atoms with Crippen LogP contribution in [0.4, 0.5) is 0 Å². The van der Waals surface area contributed by atoms with Crippen LogP contribution in [-0.2, 0) is 12.8 Å². The molecule has 0 saturated carbocycles. The van der Waals surface area contributed by atoms with E-state index in [0.717, 1.165) is 70.6 Å². The summed E-state index contributed by atoms with van der Waals surface area (Å²) in [5.74, 6) is 0.867. The maximum atomic E-state index is 10.3. The standard InChI is InChI=1S/C22H30O2S/c1-5-7-9-17-13-19(11-15(3)21(17)23)25-20-12-16(4)22(24)18(14-20)10-8-6-2/h11-14,23-24H,5-10H2,1-4H3. The molecule has 0 fully saturated rings. The molecule has 0 unspecified atom stereocenters. The van der Waals surface area contributed by atoms with Gasteiger partial charge in [-0.2, -0.15) is 0 Å². The van der Waals surface area contributed by atoms with E-state index in [1.165, 1.54) is 0 Å². The highest BCUT2D eigenvalue weighted by Crippen LogP contribution is 2.37. The molecule has 3 heteroatoms. The Labute approximate surface area is 156 Å². The fourth-order valence-electron chi connectivity index (χ4n) is 3.00. The van der Waals surface area contributed by atoms with Crippen LogP contribution in [0, 0.1) is 13.8 Å². The van der Waals surface area contributed by atoms with E-state index in [-0.39, 0.29) is 0 Å². The van der Waals surface area contributed by atoms with Crippen molar-refractivity contribution < 1.29 is 10.2 Å². The van der Waals surface area contributed by atoms with E-state index in [4.69, 9.17) is 0 Å². The molecule has 0 saturated heterocycles. The van der Waals surface area contributed by atoms with Gasteiger partial charge in [-0.15, -0.1) is 0 Å². The predicted molar refractivity (Wildman–Crippen MR) is 107 cm³/mol. The van der Waals surface area contributed by atoms with Crippen molar-refractivity contribution >= 4 is 11.8 Å². The average Bonchev–Trinajstić information content (AvgIpc) is 2.58. The van der Waals surface area contributed by atoms with E-state index < -0.39 is 0 Å². The van der Waals surface area contributed by atoms with Crippen LogP contribution in [0.1, 0.15) is 61.8 Å². The smallest absolute Gasteiger partial charge is 0.121 e. The fraction of sp³-hybridized carbons (Fsp3) is 0.455. The predicted octanol–water partition coefficient (Wildman–Crippen LogP) is 6.55. The van der Waals surface area contributed by atoms with Crippen LogP contribution in [0.25, 0.3) is 0 Å². The monoisotopic (exact) mass is 358 g/mol. The zero-order valence-corrected chi connectivity index (χ0v) is 16.7. The summed E-state index contributed by atoms with van der Waals surface area (Å²) in [5, 5.41) is 20.6. The molecule has 2 nitrogen and oxygen atoms in total. The van der Waals surface area contributed by atoms with Gasteiger partial charge < -0.3 is 10.2 Å². The molecule has 0 atom stereocenters. The summed E-state index contributed by atoms with van der Waals surface area (Å²) in [4.78, 5) is 2.29. The zero-order valence-electron chi connectivity index (χ0n) is 15.9. The maximum absolute atomic E-state index is 10.3. The number of phenolic OH excluding ortho intramolecular Hbond substituents is 2. The van der Waals surface area contributed by atoms with Gasteiger partial charge in [0.25, 0.3) is 0 Å². The molecular weight excluding hydrogens is 328 g/mol. The highest BCUT2D eigenvalue weighted by Gasteiger charge is 2.11. The quantitative estimate of drug-likeness (QED) is 0.562. The van der Waals surface area contributed by atoms with Crippen molar-refractivity contribution in [1.29, 1.82) is 0 Å². The molecule has 0 aliphatic heterocycles. The van der Waals surface area contributed by atoms with Crippen LogP contribution < -0.4 is 0 Å². The lowest BCUT2D eigenvalue weighted by molar-refractivity contribution is 0.462. The number of rotatable bonds is 8. The van der Waals surface area contributed by atoms with Crippen molar-refractivity contribution in [3.63, 3.8) is 0 Å². The molecule has 0 bridgehead atoms. The average molecular weight is 359 g/mol. The van der Waals surface area contributed by atoms with E-state index in [9.17, 15) is 10.2 Å². The van der Waals surface area contributed by atoms with Gasteiger partial charge in [0.15, 0.2) is 0 Å². The Morgan fingerprint density at radius 1 is 0.720 bits per heavy atom. The van der Waals surface area contributed by atoms with Crippen LogP contribution in [0.5, 0.6) is 11.5 Å². The molecule has 0 aliphatic rings. The summed E-state index contributed by atoms with van der Waals surface area (Å²) in [6, 6.07) is 8.31. The van der Waals surface area contributed by atoms with E-state index in [1.54, 1.807) is 11.8 Å². The van der Waals surface area contributed by atoms with Gasteiger partial charge in [-0.25, -0.2) is 0 Å². The van der Waals surface area contributed by atoms with Crippen LogP contribution in [0.15, 0.2) is 34.1 Å². The molecule has 2 rings (SSSR count). The van der Waals surface area contributed by atoms with E-state index in [2.05, 4.69) is 26.0 Å². The summed E-state index contributed by atoms with van der Waals surface area (Å²) in [5.41, 5.74) is 3.92. The molecular formula is C22H30O2S. The van der Waals surface area contributed by atoms with Crippen molar-refractivity contribution in [3.05, 3.63) is 46.5 Å². The first-order valence-corrected chi connectivity index (χ1v) is 10.1. The summed E-state index contributed by atoms with van der Waals surface area (Å²) in [7, 11) is 0. The van der Waals surface area contributed by atoms with E-state index in [0.29, 0.717) is 11.5 Å². The lowest BCUT2D eigenvalue weighted by Crippen LogP contribution is -1.92. The van der Waals surface area contributed by atoms with Crippen molar-refractivity contribution in [1.82, 2.24) is 0 Å². The third-order valence-electron chi connectivity index (χ3n) is 4.54. The first kappa shape index (κ1) is 19.7. The van der Waals surface area contributed by atoms with Crippen LogP contribution >= 0.6 is 11.8 Å². The third-order valence-corrected chi connectivity index (χ3v) is 5.48. The number of hydrogen-bond donors (Lipinski definition) is 2. The Kier molecular flexibility index (Phi) is 7.24. The lowest BCUT2D eigenvalue weighted by Gasteiger charge is -2.13. The minimum absolute atomic E-state index is 0.434. The van der Waals surface area contributed by atoms with Gasteiger partial charge in [0.05, 0.1) is 0 Å². The molecule has 136 valence electrons. The Morgan fingerprint density at radius 2 is 1.12 bits per heavy atom. The van der Waals surface area contributed by atoms with Gasteiger partial charge in [0.2, 0.25) is 0 Å². The molecule has 0 amide bonds. The second-order valence-corrected chi connectivity index (χ2v) is 7.95. The molecule has 0 heterocycles. The van der Waals surface area contributed by atoms with Crippen LogP contribution in [0.2, 0.25) is 0 Å². The number of benzene rings is 2. The normalized spacial score (nSPS) is 11.0. The van der Waals surface area contributed by atoms with Gasteiger partial charge >= 0.3 is 0 Å². The minimum atomic E-state index is 0.434. The summed E-state index contributed by atoms with van der Waals surface area (Å²) < 4.78 is 0. The van der Waals surface area contributed by atoms with E-state index >= 15 is 0 Å². The second kappa shape index (κ2) is 9.19. The van der Waals surface area contributed by atoms with Crippen molar-refractivity contribution in [2.24, 2.45) is 0 Å². The van der Waals surface area contributed by atoms with E-state index in [1.807, 2.05) is 26.0 Å². The first-order valence-electron chi connectivity index (χ1n) is 9.29. The van der Waals surface area contributed by atoms with Gasteiger partial charge in [-0.1, -0.05) is 38.5 Å². The number of aromatic hydroxyl groups is 2. The van der Waals surface area contributed by atoms with Gasteiger partial charge in [0.1, 0.15) is 11.5 Å². The molecule has 2 aromatic rings. The SMILES string of the molecule is CCCCc1cc(Sc2cc(C)c(O)c(CCCC)c2)cc(C)c1O. The lowest BCUT2D eigenvalue weighted by atomic mass is 10.0. The maximum Gasteiger partial charge on any atom is 0.121 e. The molecule has 2 N–H and O–H groups in total.